The molecule has 2 aromatic heterocycles. The normalized spacial score (nSPS) is 10.7. The van der Waals surface area contributed by atoms with E-state index in [2.05, 4.69) is 25.2 Å². The van der Waals surface area contributed by atoms with E-state index in [-0.39, 0.29) is 5.69 Å². The minimum absolute atomic E-state index is 0.226. The highest BCUT2D eigenvalue weighted by molar-refractivity contribution is 5.88. The predicted molar refractivity (Wildman–Crippen MR) is 63.5 cm³/mol. The molecule has 0 unspecified atom stereocenters. The lowest BCUT2D eigenvalue weighted by molar-refractivity contribution is 0.0592. The van der Waals surface area contributed by atoms with Crippen LogP contribution in [0.4, 0.5) is 0 Å². The lowest BCUT2D eigenvalue weighted by atomic mass is 10.2. The lowest BCUT2D eigenvalue weighted by Gasteiger charge is -2.02. The fourth-order valence-electron chi connectivity index (χ4n) is 1.70. The van der Waals surface area contributed by atoms with Gasteiger partial charge in [0.05, 0.1) is 12.8 Å². The van der Waals surface area contributed by atoms with Crippen molar-refractivity contribution >= 4 is 5.97 Å². The van der Waals surface area contributed by atoms with Crippen molar-refractivity contribution in [1.82, 2.24) is 25.1 Å². The Bertz CT molecular complexity index is 575. The minimum Gasteiger partial charge on any atom is -0.464 e. The Labute approximate surface area is 109 Å². The van der Waals surface area contributed by atoms with Gasteiger partial charge in [0.1, 0.15) is 6.54 Å². The zero-order valence-corrected chi connectivity index (χ0v) is 11.1. The Morgan fingerprint density at radius 1 is 1.37 bits per heavy atom. The van der Waals surface area contributed by atoms with Crippen molar-refractivity contribution in [2.45, 2.75) is 33.2 Å². The van der Waals surface area contributed by atoms with E-state index in [0.717, 1.165) is 0 Å². The number of aromatic nitrogens is 5. The molecule has 0 N–H and O–H groups in total. The van der Waals surface area contributed by atoms with E-state index < -0.39 is 5.97 Å². The number of esters is 1. The highest BCUT2D eigenvalue weighted by Crippen LogP contribution is 2.10. The molecule has 0 bridgehead atoms. The van der Waals surface area contributed by atoms with Crippen LogP contribution in [0.1, 0.15) is 41.7 Å². The van der Waals surface area contributed by atoms with Crippen molar-refractivity contribution in [2.75, 3.05) is 7.11 Å². The molecule has 19 heavy (non-hydrogen) atoms. The molecular weight excluding hydrogens is 250 g/mol. The number of methoxy groups -OCH3 is 1. The number of hydrogen-bond acceptors (Lipinski definition) is 7. The molecule has 2 heterocycles. The molecule has 0 atom stereocenters. The summed E-state index contributed by atoms with van der Waals surface area (Å²) in [5.41, 5.74) is 0.916. The van der Waals surface area contributed by atoms with Crippen molar-refractivity contribution < 1.29 is 14.1 Å². The standard InChI is InChI=1S/C11H15N5O3/c1-4-7-10(11(17)18-3)13-15-16(7)6-8-12-9(5-2)19-14-8/h4-6H2,1-3H3. The van der Waals surface area contributed by atoms with Gasteiger partial charge in [0.2, 0.25) is 5.89 Å². The van der Waals surface area contributed by atoms with Crippen LogP contribution in [0.25, 0.3) is 0 Å². The monoisotopic (exact) mass is 265 g/mol. The molecule has 8 nitrogen and oxygen atoms in total. The Balaban J connectivity index is 2.25. The summed E-state index contributed by atoms with van der Waals surface area (Å²) in [4.78, 5) is 15.7. The van der Waals surface area contributed by atoms with E-state index >= 15 is 0 Å². The summed E-state index contributed by atoms with van der Waals surface area (Å²) in [6, 6.07) is 0. The van der Waals surface area contributed by atoms with E-state index in [1.807, 2.05) is 13.8 Å². The van der Waals surface area contributed by atoms with Crippen LogP contribution in [-0.4, -0.2) is 38.2 Å². The average Bonchev–Trinajstić information content (AvgIpc) is 3.04. The molecule has 0 radical (unpaired) electrons. The van der Waals surface area contributed by atoms with Crippen molar-refractivity contribution in [3.8, 4) is 0 Å². The molecule has 0 spiro atoms. The molecular formula is C11H15N5O3. The highest BCUT2D eigenvalue weighted by Gasteiger charge is 2.19. The number of carbonyl (C=O) groups is 1. The van der Waals surface area contributed by atoms with Gasteiger partial charge in [-0.3, -0.25) is 0 Å². The maximum Gasteiger partial charge on any atom is 0.360 e. The van der Waals surface area contributed by atoms with Crippen LogP contribution >= 0.6 is 0 Å². The third-order valence-corrected chi connectivity index (χ3v) is 2.66. The van der Waals surface area contributed by atoms with Crippen LogP contribution < -0.4 is 0 Å². The molecule has 2 aromatic rings. The fraction of sp³-hybridized carbons (Fsp3) is 0.545. The summed E-state index contributed by atoms with van der Waals surface area (Å²) < 4.78 is 11.3. The first-order valence-corrected chi connectivity index (χ1v) is 6.01. The van der Waals surface area contributed by atoms with E-state index in [0.29, 0.717) is 36.8 Å². The summed E-state index contributed by atoms with van der Waals surface area (Å²) in [7, 11) is 1.31. The molecule has 0 aliphatic heterocycles. The third kappa shape index (κ3) is 2.61. The van der Waals surface area contributed by atoms with Crippen LogP contribution in [-0.2, 0) is 24.1 Å². The van der Waals surface area contributed by atoms with Gasteiger partial charge in [0, 0.05) is 6.42 Å². The van der Waals surface area contributed by atoms with Crippen LogP contribution in [0.15, 0.2) is 4.52 Å². The molecule has 0 aliphatic carbocycles. The molecule has 0 saturated carbocycles. The van der Waals surface area contributed by atoms with Gasteiger partial charge in [0.15, 0.2) is 11.5 Å². The maximum atomic E-state index is 11.5. The summed E-state index contributed by atoms with van der Waals surface area (Å²) in [5, 5.41) is 11.6. The second-order valence-electron chi connectivity index (χ2n) is 3.85. The van der Waals surface area contributed by atoms with E-state index in [1.54, 1.807) is 4.68 Å². The predicted octanol–water partition coefficient (Wildman–Crippen LogP) is 0.621. The molecule has 8 heteroatoms. The first kappa shape index (κ1) is 13.2. The minimum atomic E-state index is -0.495. The van der Waals surface area contributed by atoms with Gasteiger partial charge in [-0.25, -0.2) is 9.48 Å². The average molecular weight is 265 g/mol. The third-order valence-electron chi connectivity index (χ3n) is 2.66. The van der Waals surface area contributed by atoms with Crippen LogP contribution in [0.5, 0.6) is 0 Å². The van der Waals surface area contributed by atoms with E-state index in [4.69, 9.17) is 4.52 Å². The van der Waals surface area contributed by atoms with Crippen LogP contribution in [0.3, 0.4) is 0 Å². The van der Waals surface area contributed by atoms with Gasteiger partial charge in [0.25, 0.3) is 0 Å². The van der Waals surface area contributed by atoms with Crippen molar-refractivity contribution in [2.24, 2.45) is 0 Å². The zero-order valence-electron chi connectivity index (χ0n) is 11.1. The SMILES string of the molecule is CCc1nc(Cn2nnc(C(=O)OC)c2CC)no1. The number of rotatable bonds is 5. The molecule has 102 valence electrons. The molecule has 2 rings (SSSR count). The topological polar surface area (TPSA) is 95.9 Å². The largest absolute Gasteiger partial charge is 0.464 e. The second-order valence-corrected chi connectivity index (χ2v) is 3.85. The number of aryl methyl sites for hydroxylation is 1. The van der Waals surface area contributed by atoms with Gasteiger partial charge in [-0.2, -0.15) is 4.98 Å². The summed E-state index contributed by atoms with van der Waals surface area (Å²) in [5.74, 6) is 0.583. The van der Waals surface area contributed by atoms with E-state index in [1.165, 1.54) is 7.11 Å². The van der Waals surface area contributed by atoms with Gasteiger partial charge in [-0.05, 0) is 6.42 Å². The Morgan fingerprint density at radius 3 is 2.74 bits per heavy atom. The Kier molecular flexibility index (Phi) is 3.88. The molecule has 0 aromatic carbocycles. The lowest BCUT2D eigenvalue weighted by Crippen LogP contribution is -2.10. The van der Waals surface area contributed by atoms with Gasteiger partial charge < -0.3 is 9.26 Å². The quantitative estimate of drug-likeness (QED) is 0.731. The Hall–Kier alpha value is -2.25. The fourth-order valence-corrected chi connectivity index (χ4v) is 1.70. The van der Waals surface area contributed by atoms with Gasteiger partial charge >= 0.3 is 5.97 Å². The molecule has 0 fully saturated rings. The molecule has 0 amide bonds. The van der Waals surface area contributed by atoms with Crippen LogP contribution in [0, 0.1) is 0 Å². The Morgan fingerprint density at radius 2 is 2.16 bits per heavy atom. The smallest absolute Gasteiger partial charge is 0.360 e. The summed E-state index contributed by atoms with van der Waals surface area (Å²) in [6.07, 6.45) is 1.29. The number of carbonyl (C=O) groups excluding carboxylic acids is 1. The molecule has 0 aliphatic rings. The second kappa shape index (κ2) is 5.59. The maximum absolute atomic E-state index is 11.5. The van der Waals surface area contributed by atoms with Crippen molar-refractivity contribution in [3.63, 3.8) is 0 Å². The number of nitrogens with zero attached hydrogens (tertiary/aromatic N) is 5. The van der Waals surface area contributed by atoms with Crippen LogP contribution in [0.2, 0.25) is 0 Å². The van der Waals surface area contributed by atoms with Gasteiger partial charge in [-0.15, -0.1) is 5.10 Å². The van der Waals surface area contributed by atoms with Crippen molar-refractivity contribution in [1.29, 1.82) is 0 Å². The first-order chi connectivity index (χ1) is 9.19. The first-order valence-electron chi connectivity index (χ1n) is 6.01. The van der Waals surface area contributed by atoms with Gasteiger partial charge in [-0.1, -0.05) is 24.2 Å². The van der Waals surface area contributed by atoms with E-state index in [9.17, 15) is 4.79 Å². The number of ether oxygens (including phenoxy) is 1. The summed E-state index contributed by atoms with van der Waals surface area (Å²) in [6.45, 7) is 4.16. The zero-order chi connectivity index (χ0) is 13.8. The summed E-state index contributed by atoms with van der Waals surface area (Å²) >= 11 is 0. The molecule has 0 saturated heterocycles. The van der Waals surface area contributed by atoms with Crippen molar-refractivity contribution in [3.05, 3.63) is 23.1 Å². The highest BCUT2D eigenvalue weighted by atomic mass is 16.5. The number of hydrogen-bond donors (Lipinski definition) is 0.